The number of hydrogen-bond donors (Lipinski definition) is 0. The second kappa shape index (κ2) is 10.9. The van der Waals surface area contributed by atoms with Gasteiger partial charge in [0.2, 0.25) is 0 Å². The highest BCUT2D eigenvalue weighted by molar-refractivity contribution is 4.84. The van der Waals surface area contributed by atoms with Crippen LogP contribution in [0.3, 0.4) is 0 Å². The van der Waals surface area contributed by atoms with E-state index in [0.29, 0.717) is 6.10 Å². The summed E-state index contributed by atoms with van der Waals surface area (Å²) in [6, 6.07) is 0. The normalized spacial score (nSPS) is 32.0. The van der Waals surface area contributed by atoms with Gasteiger partial charge in [-0.05, 0) is 88.0 Å². The molecule has 1 heteroatoms. The molecular formula is C22H38O. The minimum absolute atomic E-state index is 0.494. The smallest absolute Gasteiger partial charge is 0.0978 e. The molecule has 0 bridgehead atoms. The molecule has 0 heterocycles. The average Bonchev–Trinajstić information content (AvgIpc) is 2.61. The monoisotopic (exact) mass is 318 g/mol. The lowest BCUT2D eigenvalue weighted by molar-refractivity contribution is 0.0629. The van der Waals surface area contributed by atoms with Crippen LogP contribution >= 0.6 is 0 Å². The third-order valence-electron chi connectivity index (χ3n) is 6.15. The lowest BCUT2D eigenvalue weighted by atomic mass is 9.70. The zero-order chi connectivity index (χ0) is 16.3. The number of unbranched alkanes of at least 4 members (excludes halogenated alkanes) is 2. The SMILES string of the molecule is C=CCC[C@H]1CC[C@H]([C@H]2CC[C@H](OC=CCCCC)CC2)CC1. The van der Waals surface area contributed by atoms with Crippen molar-refractivity contribution in [3.8, 4) is 0 Å². The Morgan fingerprint density at radius 2 is 1.57 bits per heavy atom. The fourth-order valence-electron chi connectivity index (χ4n) is 4.55. The van der Waals surface area contributed by atoms with Gasteiger partial charge in [0.25, 0.3) is 0 Å². The lowest BCUT2D eigenvalue weighted by Crippen LogP contribution is -2.28. The van der Waals surface area contributed by atoms with Gasteiger partial charge in [-0.1, -0.05) is 32.3 Å². The van der Waals surface area contributed by atoms with Crippen LogP contribution in [0.5, 0.6) is 0 Å². The Morgan fingerprint density at radius 3 is 2.17 bits per heavy atom. The van der Waals surface area contributed by atoms with Gasteiger partial charge in [-0.15, -0.1) is 6.58 Å². The zero-order valence-corrected chi connectivity index (χ0v) is 15.3. The van der Waals surface area contributed by atoms with Gasteiger partial charge in [-0.3, -0.25) is 0 Å². The van der Waals surface area contributed by atoms with E-state index in [-0.39, 0.29) is 0 Å². The predicted octanol–water partition coefficient (Wildman–Crippen LogP) is 7.04. The van der Waals surface area contributed by atoms with Crippen LogP contribution in [0.1, 0.15) is 90.4 Å². The van der Waals surface area contributed by atoms with Gasteiger partial charge in [0, 0.05) is 0 Å². The van der Waals surface area contributed by atoms with Crippen molar-refractivity contribution in [3.63, 3.8) is 0 Å². The van der Waals surface area contributed by atoms with E-state index in [1.54, 1.807) is 0 Å². The molecule has 0 aliphatic heterocycles. The van der Waals surface area contributed by atoms with Crippen molar-refractivity contribution >= 4 is 0 Å². The van der Waals surface area contributed by atoms with Crippen LogP contribution in [-0.2, 0) is 4.74 Å². The summed E-state index contributed by atoms with van der Waals surface area (Å²) in [5.41, 5.74) is 0. The fraction of sp³-hybridized carbons (Fsp3) is 0.818. The third kappa shape index (κ3) is 6.73. The van der Waals surface area contributed by atoms with Gasteiger partial charge in [-0.25, -0.2) is 0 Å². The van der Waals surface area contributed by atoms with Gasteiger partial charge in [-0.2, -0.15) is 0 Å². The highest BCUT2D eigenvalue weighted by atomic mass is 16.5. The standard InChI is InChI=1S/C22H38O/c1-3-5-7-8-18-23-22-16-14-21(15-17-22)20-12-10-19(11-13-20)9-6-4-2/h4,8,18-22H,2-3,5-7,9-17H2,1H3/t19-,20-,21-,22-. The van der Waals surface area contributed by atoms with Crippen molar-refractivity contribution in [2.24, 2.45) is 17.8 Å². The highest BCUT2D eigenvalue weighted by Crippen LogP contribution is 2.41. The second-order valence-electron chi connectivity index (χ2n) is 7.83. The summed E-state index contributed by atoms with van der Waals surface area (Å²) in [4.78, 5) is 0. The van der Waals surface area contributed by atoms with Crippen molar-refractivity contribution in [2.75, 3.05) is 0 Å². The topological polar surface area (TPSA) is 9.23 Å². The van der Waals surface area contributed by atoms with Crippen LogP contribution in [0, 0.1) is 17.8 Å². The Hall–Kier alpha value is -0.720. The lowest BCUT2D eigenvalue weighted by Gasteiger charge is -2.37. The molecule has 0 saturated heterocycles. The van der Waals surface area contributed by atoms with Crippen LogP contribution in [0.15, 0.2) is 25.0 Å². The second-order valence-corrected chi connectivity index (χ2v) is 7.83. The first-order chi connectivity index (χ1) is 11.3. The summed E-state index contributed by atoms with van der Waals surface area (Å²) >= 11 is 0. The number of allylic oxidation sites excluding steroid dienone is 2. The van der Waals surface area contributed by atoms with E-state index in [2.05, 4.69) is 25.7 Å². The molecule has 1 nitrogen and oxygen atoms in total. The van der Waals surface area contributed by atoms with Crippen LogP contribution in [0.4, 0.5) is 0 Å². The van der Waals surface area contributed by atoms with Crippen molar-refractivity contribution in [2.45, 2.75) is 96.5 Å². The molecule has 0 spiro atoms. The summed E-state index contributed by atoms with van der Waals surface area (Å²) < 4.78 is 5.94. The van der Waals surface area contributed by atoms with E-state index < -0.39 is 0 Å². The molecule has 0 unspecified atom stereocenters. The molecule has 2 aliphatic rings. The number of rotatable bonds is 9. The van der Waals surface area contributed by atoms with Crippen molar-refractivity contribution < 1.29 is 4.74 Å². The minimum atomic E-state index is 0.494. The predicted molar refractivity (Wildman–Crippen MR) is 100 cm³/mol. The maximum Gasteiger partial charge on any atom is 0.0978 e. The first-order valence-electron chi connectivity index (χ1n) is 10.2. The fourth-order valence-corrected chi connectivity index (χ4v) is 4.55. The molecule has 0 radical (unpaired) electrons. The van der Waals surface area contributed by atoms with Crippen molar-refractivity contribution in [3.05, 3.63) is 25.0 Å². The van der Waals surface area contributed by atoms with Crippen LogP contribution < -0.4 is 0 Å². The van der Waals surface area contributed by atoms with Crippen molar-refractivity contribution in [1.29, 1.82) is 0 Å². The van der Waals surface area contributed by atoms with E-state index in [4.69, 9.17) is 4.74 Å². The summed E-state index contributed by atoms with van der Waals surface area (Å²) in [5.74, 6) is 2.98. The van der Waals surface area contributed by atoms with Crippen LogP contribution in [0.2, 0.25) is 0 Å². The summed E-state index contributed by atoms with van der Waals surface area (Å²) in [5, 5.41) is 0. The van der Waals surface area contributed by atoms with Gasteiger partial charge >= 0.3 is 0 Å². The molecule has 132 valence electrons. The minimum Gasteiger partial charge on any atom is -0.498 e. The zero-order valence-electron chi connectivity index (χ0n) is 15.3. The van der Waals surface area contributed by atoms with E-state index in [9.17, 15) is 0 Å². The Labute approximate surface area is 144 Å². The van der Waals surface area contributed by atoms with E-state index in [1.165, 1.54) is 83.5 Å². The number of ether oxygens (including phenoxy) is 1. The molecule has 0 aromatic carbocycles. The van der Waals surface area contributed by atoms with E-state index >= 15 is 0 Å². The maximum atomic E-state index is 5.94. The average molecular weight is 319 g/mol. The van der Waals surface area contributed by atoms with Crippen LogP contribution in [0.25, 0.3) is 0 Å². The molecule has 0 aromatic rings. The van der Waals surface area contributed by atoms with Gasteiger partial charge in [0.05, 0.1) is 12.4 Å². The first-order valence-corrected chi connectivity index (χ1v) is 10.2. The highest BCUT2D eigenvalue weighted by Gasteiger charge is 2.30. The largest absolute Gasteiger partial charge is 0.498 e. The molecular weight excluding hydrogens is 280 g/mol. The van der Waals surface area contributed by atoms with Gasteiger partial charge in [0.1, 0.15) is 0 Å². The van der Waals surface area contributed by atoms with Crippen molar-refractivity contribution in [1.82, 2.24) is 0 Å². The van der Waals surface area contributed by atoms with E-state index in [0.717, 1.165) is 17.8 Å². The number of hydrogen-bond acceptors (Lipinski definition) is 1. The third-order valence-corrected chi connectivity index (χ3v) is 6.15. The molecule has 0 atom stereocenters. The Kier molecular flexibility index (Phi) is 8.86. The summed E-state index contributed by atoms with van der Waals surface area (Å²) in [6.07, 6.45) is 24.3. The molecule has 2 rings (SSSR count). The first kappa shape index (κ1) is 18.6. The van der Waals surface area contributed by atoms with Crippen LogP contribution in [-0.4, -0.2) is 6.10 Å². The summed E-state index contributed by atoms with van der Waals surface area (Å²) in [7, 11) is 0. The molecule has 0 amide bonds. The molecule has 0 aromatic heterocycles. The quantitative estimate of drug-likeness (QED) is 0.252. The van der Waals surface area contributed by atoms with E-state index in [1.807, 2.05) is 6.26 Å². The molecule has 2 aliphatic carbocycles. The molecule has 2 fully saturated rings. The molecule has 2 saturated carbocycles. The van der Waals surface area contributed by atoms with Gasteiger partial charge in [0.15, 0.2) is 0 Å². The summed E-state index contributed by atoms with van der Waals surface area (Å²) in [6.45, 7) is 6.10. The molecule has 23 heavy (non-hydrogen) atoms. The maximum absolute atomic E-state index is 5.94. The molecule has 0 N–H and O–H groups in total. The van der Waals surface area contributed by atoms with Gasteiger partial charge < -0.3 is 4.74 Å². The Bertz CT molecular complexity index is 330. The Morgan fingerprint density at radius 1 is 0.913 bits per heavy atom. The Balaban J connectivity index is 1.59.